The fourth-order valence-corrected chi connectivity index (χ4v) is 3.09. The van der Waals surface area contributed by atoms with Crippen molar-refractivity contribution in [3.8, 4) is 0 Å². The second-order valence-corrected chi connectivity index (χ2v) is 6.41. The minimum atomic E-state index is -3.91. The third-order valence-electron chi connectivity index (χ3n) is 2.56. The van der Waals surface area contributed by atoms with Crippen LogP contribution in [-0.2, 0) is 10.0 Å². The van der Waals surface area contributed by atoms with Crippen molar-refractivity contribution in [3.05, 3.63) is 46.5 Å². The number of sulfonamides is 1. The summed E-state index contributed by atoms with van der Waals surface area (Å²) in [6.07, 6.45) is 1.12. The third-order valence-corrected chi connectivity index (χ3v) is 4.50. The lowest BCUT2D eigenvalue weighted by atomic mass is 10.2. The highest BCUT2D eigenvalue weighted by Gasteiger charge is 2.19. The van der Waals surface area contributed by atoms with Gasteiger partial charge in [-0.25, -0.2) is 18.4 Å². The van der Waals surface area contributed by atoms with Gasteiger partial charge in [0.05, 0.1) is 4.90 Å². The first-order valence-corrected chi connectivity index (χ1v) is 7.85. The first-order valence-electron chi connectivity index (χ1n) is 5.61. The van der Waals surface area contributed by atoms with Crippen LogP contribution in [0.4, 0.5) is 5.69 Å². The summed E-state index contributed by atoms with van der Waals surface area (Å²) in [6, 6.07) is 5.46. The van der Waals surface area contributed by atoms with Crippen molar-refractivity contribution in [3.63, 3.8) is 0 Å². The van der Waals surface area contributed by atoms with E-state index in [0.29, 0.717) is 5.56 Å². The van der Waals surface area contributed by atoms with Crippen LogP contribution in [-0.4, -0.2) is 24.2 Å². The first-order chi connectivity index (χ1) is 9.81. The fraction of sp³-hybridized carbons (Fsp3) is 0.0833. The van der Waals surface area contributed by atoms with Crippen LogP contribution < -0.4 is 4.72 Å². The van der Waals surface area contributed by atoms with Crippen LogP contribution in [0.3, 0.4) is 0 Å². The molecule has 9 heteroatoms. The summed E-state index contributed by atoms with van der Waals surface area (Å²) in [7, 11) is -3.91. The number of carbonyl (C=O) groups is 1. The van der Waals surface area contributed by atoms with Gasteiger partial charge in [-0.3, -0.25) is 9.52 Å². The Kier molecular flexibility index (Phi) is 4.46. The summed E-state index contributed by atoms with van der Waals surface area (Å²) < 4.78 is 26.7. The number of carbonyl (C=O) groups excluding carboxylic acids is 1. The predicted molar refractivity (Wildman–Crippen MR) is 79.3 cm³/mol. The maximum absolute atomic E-state index is 12.2. The van der Waals surface area contributed by atoms with Gasteiger partial charge in [-0.05, 0) is 19.1 Å². The highest BCUT2D eigenvalue weighted by Crippen LogP contribution is 2.28. The average molecular weight is 346 g/mol. The van der Waals surface area contributed by atoms with E-state index in [-0.39, 0.29) is 26.7 Å². The van der Waals surface area contributed by atoms with E-state index in [4.69, 9.17) is 23.2 Å². The Hall–Kier alpha value is -1.70. The van der Waals surface area contributed by atoms with Crippen LogP contribution in [0.2, 0.25) is 10.3 Å². The third kappa shape index (κ3) is 3.49. The molecule has 0 saturated carbocycles. The molecule has 110 valence electrons. The van der Waals surface area contributed by atoms with E-state index in [1.54, 1.807) is 0 Å². The van der Waals surface area contributed by atoms with Crippen molar-refractivity contribution in [2.24, 2.45) is 0 Å². The minimum Gasteiger partial charge on any atom is -0.295 e. The number of nitrogens with one attached hydrogen (secondary N) is 1. The van der Waals surface area contributed by atoms with Crippen molar-refractivity contribution in [1.82, 2.24) is 9.97 Å². The standard InChI is InChI=1S/C12H9Cl2N3O3S/c1-7(18)8-2-4-9(5-3-8)21(19,20)17-10-11(13)15-6-16-12(10)14/h2-6,17H,1H3. The second kappa shape index (κ2) is 5.97. The molecule has 0 aliphatic rings. The number of nitrogens with zero attached hydrogens (tertiary/aromatic N) is 2. The van der Waals surface area contributed by atoms with Gasteiger partial charge in [-0.1, -0.05) is 35.3 Å². The van der Waals surface area contributed by atoms with E-state index < -0.39 is 10.0 Å². The quantitative estimate of drug-likeness (QED) is 0.679. The lowest BCUT2D eigenvalue weighted by Gasteiger charge is -2.10. The number of aromatic nitrogens is 2. The van der Waals surface area contributed by atoms with E-state index in [0.717, 1.165) is 6.33 Å². The van der Waals surface area contributed by atoms with Gasteiger partial charge >= 0.3 is 0 Å². The largest absolute Gasteiger partial charge is 0.295 e. The van der Waals surface area contributed by atoms with Crippen LogP contribution in [0.15, 0.2) is 35.5 Å². The summed E-state index contributed by atoms with van der Waals surface area (Å²) in [4.78, 5) is 18.4. The molecule has 1 aromatic heterocycles. The van der Waals surface area contributed by atoms with Gasteiger partial charge in [0, 0.05) is 5.56 Å². The van der Waals surface area contributed by atoms with Crippen molar-refractivity contribution in [1.29, 1.82) is 0 Å². The van der Waals surface area contributed by atoms with Crippen molar-refractivity contribution in [2.45, 2.75) is 11.8 Å². The van der Waals surface area contributed by atoms with Crippen LogP contribution in [0.5, 0.6) is 0 Å². The number of rotatable bonds is 4. The maximum atomic E-state index is 12.2. The van der Waals surface area contributed by atoms with Gasteiger partial charge in [0.15, 0.2) is 16.1 Å². The number of anilines is 1. The molecule has 0 amide bonds. The van der Waals surface area contributed by atoms with E-state index in [9.17, 15) is 13.2 Å². The second-order valence-electron chi connectivity index (χ2n) is 4.02. The summed E-state index contributed by atoms with van der Waals surface area (Å²) >= 11 is 11.6. The minimum absolute atomic E-state index is 0.0384. The molecule has 21 heavy (non-hydrogen) atoms. The van der Waals surface area contributed by atoms with Crippen LogP contribution in [0.25, 0.3) is 0 Å². The van der Waals surface area contributed by atoms with Gasteiger partial charge in [-0.15, -0.1) is 0 Å². The maximum Gasteiger partial charge on any atom is 0.262 e. The zero-order valence-electron chi connectivity index (χ0n) is 10.7. The SMILES string of the molecule is CC(=O)c1ccc(S(=O)(=O)Nc2c(Cl)ncnc2Cl)cc1. The van der Waals surface area contributed by atoms with Gasteiger partial charge in [0.2, 0.25) is 0 Å². The summed E-state index contributed by atoms with van der Waals surface area (Å²) in [5, 5.41) is -0.224. The molecule has 0 unspecified atom stereocenters. The Labute approximate surface area is 131 Å². The molecule has 0 radical (unpaired) electrons. The number of benzene rings is 1. The lowest BCUT2D eigenvalue weighted by Crippen LogP contribution is -2.14. The molecule has 0 atom stereocenters. The van der Waals surface area contributed by atoms with Crippen LogP contribution >= 0.6 is 23.2 Å². The smallest absolute Gasteiger partial charge is 0.262 e. The van der Waals surface area contributed by atoms with Crippen LogP contribution in [0.1, 0.15) is 17.3 Å². The number of halogens is 2. The topological polar surface area (TPSA) is 89.0 Å². The van der Waals surface area contributed by atoms with Crippen molar-refractivity contribution in [2.75, 3.05) is 4.72 Å². The Morgan fingerprint density at radius 1 is 1.10 bits per heavy atom. The highest BCUT2D eigenvalue weighted by molar-refractivity contribution is 7.92. The summed E-state index contributed by atoms with van der Waals surface area (Å²) in [6.45, 7) is 1.39. The van der Waals surface area contributed by atoms with Crippen LogP contribution in [0, 0.1) is 0 Å². The van der Waals surface area contributed by atoms with Gasteiger partial charge < -0.3 is 0 Å². The van der Waals surface area contributed by atoms with Gasteiger partial charge in [-0.2, -0.15) is 0 Å². The highest BCUT2D eigenvalue weighted by atomic mass is 35.5. The Morgan fingerprint density at radius 3 is 2.10 bits per heavy atom. The number of hydrogen-bond donors (Lipinski definition) is 1. The zero-order chi connectivity index (χ0) is 15.6. The van der Waals surface area contributed by atoms with E-state index >= 15 is 0 Å². The van der Waals surface area contributed by atoms with Gasteiger partial charge in [0.25, 0.3) is 10.0 Å². The molecule has 0 spiro atoms. The molecular weight excluding hydrogens is 337 g/mol. The molecule has 2 aromatic rings. The number of Topliss-reactive ketones (excluding diaryl/α,β-unsaturated/α-hetero) is 1. The molecule has 0 saturated heterocycles. The van der Waals surface area contributed by atoms with Gasteiger partial charge in [0.1, 0.15) is 12.0 Å². The Balaban J connectivity index is 2.36. The molecule has 1 heterocycles. The molecule has 0 bridgehead atoms. The normalized spacial score (nSPS) is 11.2. The first kappa shape index (κ1) is 15.7. The molecule has 0 aliphatic heterocycles. The average Bonchev–Trinajstić information content (AvgIpc) is 2.43. The van der Waals surface area contributed by atoms with Crippen molar-refractivity contribution < 1.29 is 13.2 Å². The molecular formula is C12H9Cl2N3O3S. The zero-order valence-corrected chi connectivity index (χ0v) is 13.0. The molecule has 6 nitrogen and oxygen atoms in total. The molecule has 0 fully saturated rings. The number of ketones is 1. The lowest BCUT2D eigenvalue weighted by molar-refractivity contribution is 0.101. The molecule has 1 aromatic carbocycles. The monoisotopic (exact) mass is 345 g/mol. The Morgan fingerprint density at radius 2 is 1.62 bits per heavy atom. The number of hydrogen-bond acceptors (Lipinski definition) is 5. The molecule has 2 rings (SSSR count). The van der Waals surface area contributed by atoms with E-state index in [1.807, 2.05) is 0 Å². The fourth-order valence-electron chi connectivity index (χ4n) is 1.49. The summed E-state index contributed by atoms with van der Waals surface area (Å²) in [5.74, 6) is -0.158. The van der Waals surface area contributed by atoms with E-state index in [1.165, 1.54) is 31.2 Å². The Bertz CT molecular complexity index is 772. The van der Waals surface area contributed by atoms with E-state index in [2.05, 4.69) is 14.7 Å². The summed E-state index contributed by atoms with van der Waals surface area (Å²) in [5.41, 5.74) is 0.310. The molecule has 1 N–H and O–H groups in total. The van der Waals surface area contributed by atoms with Crippen molar-refractivity contribution >= 4 is 44.7 Å². The molecule has 0 aliphatic carbocycles. The predicted octanol–water partition coefficient (Wildman–Crippen LogP) is 2.79.